The summed E-state index contributed by atoms with van der Waals surface area (Å²) in [5.74, 6) is 2.04. The number of fused-ring (bicyclic) bond motifs is 1. The molecule has 0 saturated carbocycles. The van der Waals surface area contributed by atoms with Crippen LogP contribution in [0.3, 0.4) is 0 Å². The summed E-state index contributed by atoms with van der Waals surface area (Å²) in [7, 11) is 5.42. The lowest BCUT2D eigenvalue weighted by atomic mass is 10.1. The molecular formula is C26H26N6O3. The van der Waals surface area contributed by atoms with Gasteiger partial charge in [-0.2, -0.15) is 0 Å². The molecule has 4 aromatic rings. The Kier molecular flexibility index (Phi) is 7.49. The number of likely N-dealkylation sites (N-methyl/N-ethyl adjacent to an activating group) is 1. The van der Waals surface area contributed by atoms with Gasteiger partial charge in [0.25, 0.3) is 0 Å². The van der Waals surface area contributed by atoms with Crippen LogP contribution in [0.15, 0.2) is 79.3 Å². The number of carbonyl (C=O) groups is 1. The van der Waals surface area contributed by atoms with Gasteiger partial charge in [0.05, 0.1) is 18.3 Å². The normalized spacial score (nSPS) is 11.1. The van der Waals surface area contributed by atoms with Gasteiger partial charge in [-0.1, -0.05) is 12.1 Å². The third-order valence-electron chi connectivity index (χ3n) is 4.93. The van der Waals surface area contributed by atoms with E-state index in [1.54, 1.807) is 37.6 Å². The number of methoxy groups -OCH3 is 1. The zero-order valence-electron chi connectivity index (χ0n) is 19.7. The average Bonchev–Trinajstić information content (AvgIpc) is 2.85. The van der Waals surface area contributed by atoms with Gasteiger partial charge < -0.3 is 25.0 Å². The predicted octanol–water partition coefficient (Wildman–Crippen LogP) is 4.63. The second-order valence-corrected chi connectivity index (χ2v) is 7.87. The first kappa shape index (κ1) is 23.7. The van der Waals surface area contributed by atoms with Crippen LogP contribution in [0.4, 0.5) is 17.2 Å². The number of ether oxygens (including phenoxy) is 2. The highest BCUT2D eigenvalue weighted by atomic mass is 16.5. The van der Waals surface area contributed by atoms with Crippen molar-refractivity contribution in [2.24, 2.45) is 0 Å². The Morgan fingerprint density at radius 1 is 1.06 bits per heavy atom. The molecular weight excluding hydrogens is 444 g/mol. The molecule has 2 heterocycles. The average molecular weight is 471 g/mol. The highest BCUT2D eigenvalue weighted by Crippen LogP contribution is 2.33. The van der Waals surface area contributed by atoms with Crippen molar-refractivity contribution in [3.63, 3.8) is 0 Å². The van der Waals surface area contributed by atoms with E-state index in [0.717, 1.165) is 11.1 Å². The van der Waals surface area contributed by atoms with Gasteiger partial charge in [0, 0.05) is 42.0 Å². The molecule has 0 aliphatic heterocycles. The van der Waals surface area contributed by atoms with Gasteiger partial charge in [0.15, 0.2) is 0 Å². The maximum absolute atomic E-state index is 12.4. The monoisotopic (exact) mass is 470 g/mol. The largest absolute Gasteiger partial charge is 0.494 e. The van der Waals surface area contributed by atoms with E-state index in [0.29, 0.717) is 40.9 Å². The van der Waals surface area contributed by atoms with Gasteiger partial charge in [-0.25, -0.2) is 15.0 Å². The molecule has 0 saturated heterocycles. The van der Waals surface area contributed by atoms with E-state index in [-0.39, 0.29) is 5.91 Å². The molecule has 0 unspecified atom stereocenters. The highest BCUT2D eigenvalue weighted by Gasteiger charge is 2.12. The van der Waals surface area contributed by atoms with Crippen molar-refractivity contribution in [2.45, 2.75) is 0 Å². The van der Waals surface area contributed by atoms with Crippen LogP contribution in [-0.2, 0) is 4.79 Å². The number of amides is 1. The van der Waals surface area contributed by atoms with Crippen LogP contribution in [0, 0.1) is 0 Å². The lowest BCUT2D eigenvalue weighted by Crippen LogP contribution is -2.13. The molecule has 4 rings (SSSR count). The number of hydrogen-bond donors (Lipinski definition) is 2. The first-order valence-corrected chi connectivity index (χ1v) is 10.9. The summed E-state index contributed by atoms with van der Waals surface area (Å²) in [6.07, 6.45) is 6.45. The molecule has 2 N–H and O–H groups in total. The van der Waals surface area contributed by atoms with E-state index in [9.17, 15) is 4.79 Å². The molecule has 9 nitrogen and oxygen atoms in total. The van der Waals surface area contributed by atoms with Gasteiger partial charge in [-0.3, -0.25) is 4.79 Å². The molecule has 0 bridgehead atoms. The first-order chi connectivity index (χ1) is 17.0. The Labute approximate surface area is 203 Å². The van der Waals surface area contributed by atoms with Gasteiger partial charge in [0.1, 0.15) is 23.6 Å². The summed E-state index contributed by atoms with van der Waals surface area (Å²) in [6.45, 7) is 0.663. The summed E-state index contributed by atoms with van der Waals surface area (Å²) in [5, 5.41) is 6.91. The van der Waals surface area contributed by atoms with Crippen LogP contribution < -0.4 is 20.1 Å². The molecule has 0 radical (unpaired) electrons. The number of aromatic nitrogens is 3. The fraction of sp³-hybridized carbons (Fsp3) is 0.154. The molecule has 0 fully saturated rings. The second-order valence-electron chi connectivity index (χ2n) is 7.87. The maximum atomic E-state index is 12.4. The molecule has 2 aromatic carbocycles. The van der Waals surface area contributed by atoms with E-state index in [1.807, 2.05) is 55.4 Å². The number of pyridine rings is 1. The van der Waals surface area contributed by atoms with Gasteiger partial charge in [-0.15, -0.1) is 0 Å². The zero-order valence-corrected chi connectivity index (χ0v) is 19.7. The van der Waals surface area contributed by atoms with Gasteiger partial charge >= 0.3 is 0 Å². The van der Waals surface area contributed by atoms with Gasteiger partial charge in [-0.05, 0) is 50.5 Å². The number of nitrogens with zero attached hydrogens (tertiary/aromatic N) is 4. The van der Waals surface area contributed by atoms with Crippen LogP contribution in [0.2, 0.25) is 0 Å². The SMILES string of the molecule is COc1cc2ncnc(Nc3ccc(Oc4ccccn4)cc3)c2cc1NC(=O)C=CCN(C)C. The minimum atomic E-state index is -0.251. The van der Waals surface area contributed by atoms with Crippen LogP contribution in [0.5, 0.6) is 17.4 Å². The highest BCUT2D eigenvalue weighted by molar-refractivity contribution is 6.03. The third kappa shape index (κ3) is 6.30. The van der Waals surface area contributed by atoms with Crippen molar-refractivity contribution in [1.29, 1.82) is 0 Å². The summed E-state index contributed by atoms with van der Waals surface area (Å²) < 4.78 is 11.2. The molecule has 0 aliphatic carbocycles. The number of rotatable bonds is 9. The Bertz CT molecular complexity index is 1320. The Balaban J connectivity index is 1.55. The third-order valence-corrected chi connectivity index (χ3v) is 4.93. The number of hydrogen-bond acceptors (Lipinski definition) is 8. The van der Waals surface area contributed by atoms with Crippen LogP contribution in [-0.4, -0.2) is 53.5 Å². The minimum absolute atomic E-state index is 0.251. The number of benzene rings is 2. The Morgan fingerprint density at radius 2 is 1.89 bits per heavy atom. The van der Waals surface area contributed by atoms with E-state index < -0.39 is 0 Å². The van der Waals surface area contributed by atoms with Crippen LogP contribution in [0.1, 0.15) is 0 Å². The topological polar surface area (TPSA) is 102 Å². The summed E-state index contributed by atoms with van der Waals surface area (Å²) in [6, 6.07) is 16.5. The van der Waals surface area contributed by atoms with Crippen molar-refractivity contribution < 1.29 is 14.3 Å². The van der Waals surface area contributed by atoms with Crippen LogP contribution >= 0.6 is 0 Å². The predicted molar refractivity (Wildman–Crippen MR) is 136 cm³/mol. The van der Waals surface area contributed by atoms with Crippen molar-refractivity contribution >= 4 is 34.0 Å². The standard InChI is InChI=1S/C26H26N6O3/c1-32(2)14-6-7-24(33)31-22-15-20-21(16-23(22)34-3)28-17-29-26(20)30-18-9-11-19(12-10-18)35-25-8-4-5-13-27-25/h4-13,15-17H,14H2,1-3H3,(H,31,33)(H,28,29,30). The van der Waals surface area contributed by atoms with E-state index >= 15 is 0 Å². The van der Waals surface area contributed by atoms with E-state index in [4.69, 9.17) is 9.47 Å². The van der Waals surface area contributed by atoms with Gasteiger partial charge in [0.2, 0.25) is 11.8 Å². The Morgan fingerprint density at radius 3 is 2.60 bits per heavy atom. The lowest BCUT2D eigenvalue weighted by molar-refractivity contribution is -0.111. The van der Waals surface area contributed by atoms with Crippen molar-refractivity contribution in [3.05, 3.63) is 79.3 Å². The maximum Gasteiger partial charge on any atom is 0.248 e. The number of anilines is 3. The molecule has 2 aromatic heterocycles. The minimum Gasteiger partial charge on any atom is -0.494 e. The second kappa shape index (κ2) is 11.1. The number of nitrogens with one attached hydrogen (secondary N) is 2. The molecule has 0 atom stereocenters. The molecule has 35 heavy (non-hydrogen) atoms. The quantitative estimate of drug-likeness (QED) is 0.342. The molecule has 1 amide bonds. The first-order valence-electron chi connectivity index (χ1n) is 10.9. The molecule has 0 aliphatic rings. The summed E-state index contributed by atoms with van der Waals surface area (Å²) in [5.41, 5.74) is 2.01. The fourth-order valence-corrected chi connectivity index (χ4v) is 3.27. The summed E-state index contributed by atoms with van der Waals surface area (Å²) >= 11 is 0. The van der Waals surface area contributed by atoms with Crippen molar-refractivity contribution in [2.75, 3.05) is 38.4 Å². The lowest BCUT2D eigenvalue weighted by Gasteiger charge is -2.13. The van der Waals surface area contributed by atoms with E-state index in [2.05, 4.69) is 25.6 Å². The smallest absolute Gasteiger partial charge is 0.248 e. The Hall–Kier alpha value is -4.50. The van der Waals surface area contributed by atoms with E-state index in [1.165, 1.54) is 12.4 Å². The molecule has 0 spiro atoms. The summed E-state index contributed by atoms with van der Waals surface area (Å²) in [4.78, 5) is 27.3. The number of carbonyl (C=O) groups excluding carboxylic acids is 1. The molecule has 178 valence electrons. The van der Waals surface area contributed by atoms with Crippen molar-refractivity contribution in [1.82, 2.24) is 19.9 Å². The zero-order chi connectivity index (χ0) is 24.6. The fourth-order valence-electron chi connectivity index (χ4n) is 3.27. The van der Waals surface area contributed by atoms with Crippen LogP contribution in [0.25, 0.3) is 10.9 Å². The van der Waals surface area contributed by atoms with Crippen molar-refractivity contribution in [3.8, 4) is 17.4 Å². The molecule has 9 heteroatoms.